The van der Waals surface area contributed by atoms with Gasteiger partial charge in [-0.1, -0.05) is 40.5 Å². The summed E-state index contributed by atoms with van der Waals surface area (Å²) in [5, 5.41) is 0. The standard InChI is InChI=1S/2C7H14O2.2ClH.Sn/c2*1-3-5-6-9-7(8)4-2;;;/h2*3-6H2,1-2H3;2*1H;. The number of hydrogen-bond donors (Lipinski definition) is 0. The van der Waals surface area contributed by atoms with Gasteiger partial charge in [-0.15, -0.1) is 24.8 Å². The fourth-order valence-electron chi connectivity index (χ4n) is 0.865. The number of carbonyl (C=O) groups excluding carboxylic acids is 2. The summed E-state index contributed by atoms with van der Waals surface area (Å²) in [7, 11) is 0. The Kier molecular flexibility index (Phi) is 44.8. The van der Waals surface area contributed by atoms with Crippen molar-refractivity contribution in [1.82, 2.24) is 0 Å². The maximum absolute atomic E-state index is 10.5. The van der Waals surface area contributed by atoms with Gasteiger partial charge >= 0.3 is 11.9 Å². The van der Waals surface area contributed by atoms with Crippen molar-refractivity contribution in [2.24, 2.45) is 0 Å². The normalized spacial score (nSPS) is 7.81. The summed E-state index contributed by atoms with van der Waals surface area (Å²) in [6, 6.07) is 0. The molecule has 0 bridgehead atoms. The molecular weight excluding hydrogens is 422 g/mol. The molecule has 7 heteroatoms. The van der Waals surface area contributed by atoms with Gasteiger partial charge in [0.1, 0.15) is 0 Å². The van der Waals surface area contributed by atoms with Crippen LogP contribution in [0.15, 0.2) is 0 Å². The van der Waals surface area contributed by atoms with E-state index in [1.165, 1.54) is 0 Å². The van der Waals surface area contributed by atoms with Gasteiger partial charge in [-0.25, -0.2) is 0 Å². The van der Waals surface area contributed by atoms with Gasteiger partial charge in [-0.05, 0) is 12.8 Å². The smallest absolute Gasteiger partial charge is 0.305 e. The minimum Gasteiger partial charge on any atom is -0.466 e. The molecule has 0 amide bonds. The minimum absolute atomic E-state index is 0. The van der Waals surface area contributed by atoms with Gasteiger partial charge < -0.3 is 9.47 Å². The molecule has 0 N–H and O–H groups in total. The van der Waals surface area contributed by atoms with Crippen LogP contribution in [0.5, 0.6) is 0 Å². The predicted molar refractivity (Wildman–Crippen MR) is 92.6 cm³/mol. The number of unbranched alkanes of at least 4 members (excludes halogenated alkanes) is 2. The molecule has 0 saturated carbocycles. The van der Waals surface area contributed by atoms with Crippen LogP contribution in [0.4, 0.5) is 0 Å². The van der Waals surface area contributed by atoms with Crippen molar-refractivity contribution in [1.29, 1.82) is 0 Å². The predicted octanol–water partition coefficient (Wildman–Crippen LogP) is 3.94. The third-order valence-corrected chi connectivity index (χ3v) is 2.10. The van der Waals surface area contributed by atoms with E-state index >= 15 is 0 Å². The van der Waals surface area contributed by atoms with Crippen LogP contribution >= 0.6 is 24.8 Å². The zero-order chi connectivity index (χ0) is 14.2. The second kappa shape index (κ2) is 28.5. The Labute approximate surface area is 158 Å². The Balaban J connectivity index is -0.0000000711. The van der Waals surface area contributed by atoms with Crippen molar-refractivity contribution in [2.75, 3.05) is 13.2 Å². The van der Waals surface area contributed by atoms with Gasteiger partial charge in [0.2, 0.25) is 0 Å². The molecule has 21 heavy (non-hydrogen) atoms. The van der Waals surface area contributed by atoms with E-state index in [4.69, 9.17) is 9.47 Å². The van der Waals surface area contributed by atoms with Gasteiger partial charge in [0.25, 0.3) is 0 Å². The molecule has 128 valence electrons. The van der Waals surface area contributed by atoms with E-state index in [0.717, 1.165) is 25.7 Å². The van der Waals surface area contributed by atoms with E-state index in [1.54, 1.807) is 13.8 Å². The number of rotatable bonds is 8. The van der Waals surface area contributed by atoms with Gasteiger partial charge in [0, 0.05) is 36.7 Å². The van der Waals surface area contributed by atoms with E-state index < -0.39 is 0 Å². The molecule has 0 fully saturated rings. The molecule has 0 spiro atoms. The van der Waals surface area contributed by atoms with Crippen LogP contribution in [0.25, 0.3) is 0 Å². The molecule has 0 saturated heterocycles. The van der Waals surface area contributed by atoms with Gasteiger partial charge in [0.05, 0.1) is 13.2 Å². The Bertz CT molecular complexity index is 195. The molecule has 0 atom stereocenters. The molecule has 0 aromatic heterocycles. The first-order valence-electron chi connectivity index (χ1n) is 6.93. The molecule has 4 radical (unpaired) electrons. The molecule has 0 heterocycles. The van der Waals surface area contributed by atoms with Crippen LogP contribution in [-0.2, 0) is 19.1 Å². The van der Waals surface area contributed by atoms with Crippen molar-refractivity contribution in [3.63, 3.8) is 0 Å². The van der Waals surface area contributed by atoms with Crippen LogP contribution in [0.1, 0.15) is 66.2 Å². The molecule has 0 aromatic carbocycles. The number of hydrogen-bond acceptors (Lipinski definition) is 4. The second-order valence-corrected chi connectivity index (χ2v) is 3.86. The Hall–Kier alpha value is 0.319. The van der Waals surface area contributed by atoms with Crippen LogP contribution in [0.2, 0.25) is 0 Å². The average molecular weight is 452 g/mol. The summed E-state index contributed by atoms with van der Waals surface area (Å²) in [5.41, 5.74) is 0. The maximum Gasteiger partial charge on any atom is 0.305 e. The average Bonchev–Trinajstić information content (AvgIpc) is 2.39. The Morgan fingerprint density at radius 3 is 1.19 bits per heavy atom. The van der Waals surface area contributed by atoms with E-state index in [9.17, 15) is 9.59 Å². The molecular formula is C14H30Cl2O4Sn. The first kappa shape index (κ1) is 33.1. The summed E-state index contributed by atoms with van der Waals surface area (Å²) in [4.78, 5) is 20.9. The van der Waals surface area contributed by atoms with Crippen LogP contribution in [-0.4, -0.2) is 49.1 Å². The van der Waals surface area contributed by atoms with E-state index in [2.05, 4.69) is 13.8 Å². The van der Waals surface area contributed by atoms with Crippen molar-refractivity contribution in [3.8, 4) is 0 Å². The first-order chi connectivity index (χ1) is 8.62. The van der Waals surface area contributed by atoms with Gasteiger partial charge in [0.15, 0.2) is 0 Å². The number of carbonyl (C=O) groups is 2. The van der Waals surface area contributed by atoms with Crippen molar-refractivity contribution < 1.29 is 19.1 Å². The van der Waals surface area contributed by atoms with E-state index in [-0.39, 0.29) is 60.7 Å². The summed E-state index contributed by atoms with van der Waals surface area (Å²) in [6.07, 6.45) is 5.10. The summed E-state index contributed by atoms with van der Waals surface area (Å²) >= 11 is 0. The largest absolute Gasteiger partial charge is 0.466 e. The zero-order valence-electron chi connectivity index (χ0n) is 13.6. The monoisotopic (exact) mass is 452 g/mol. The minimum atomic E-state index is -0.0940. The van der Waals surface area contributed by atoms with E-state index in [0.29, 0.717) is 26.1 Å². The maximum atomic E-state index is 10.5. The molecule has 4 nitrogen and oxygen atoms in total. The van der Waals surface area contributed by atoms with Gasteiger partial charge in [-0.2, -0.15) is 0 Å². The van der Waals surface area contributed by atoms with Crippen LogP contribution in [0, 0.1) is 0 Å². The SMILES string of the molecule is CCCCOC(=O)CC.CCCCOC(=O)CC.Cl.Cl.[Sn]. The Morgan fingerprint density at radius 1 is 0.714 bits per heavy atom. The third-order valence-electron chi connectivity index (χ3n) is 2.10. The van der Waals surface area contributed by atoms with Crippen molar-refractivity contribution >= 4 is 60.7 Å². The molecule has 0 aliphatic carbocycles. The zero-order valence-corrected chi connectivity index (χ0v) is 18.1. The van der Waals surface area contributed by atoms with Crippen molar-refractivity contribution in [2.45, 2.75) is 66.2 Å². The summed E-state index contributed by atoms with van der Waals surface area (Å²) < 4.78 is 9.59. The fourth-order valence-corrected chi connectivity index (χ4v) is 0.865. The van der Waals surface area contributed by atoms with Crippen LogP contribution < -0.4 is 0 Å². The third kappa shape index (κ3) is 33.3. The van der Waals surface area contributed by atoms with Gasteiger partial charge in [-0.3, -0.25) is 9.59 Å². The summed E-state index contributed by atoms with van der Waals surface area (Å²) in [6.45, 7) is 8.91. The molecule has 0 aliphatic rings. The molecule has 0 aromatic rings. The summed E-state index contributed by atoms with van der Waals surface area (Å²) in [5.74, 6) is -0.188. The van der Waals surface area contributed by atoms with E-state index in [1.807, 2.05) is 0 Å². The topological polar surface area (TPSA) is 52.6 Å². The number of halogens is 2. The first-order valence-corrected chi connectivity index (χ1v) is 6.93. The number of ether oxygens (including phenoxy) is 2. The van der Waals surface area contributed by atoms with Crippen molar-refractivity contribution in [3.05, 3.63) is 0 Å². The molecule has 0 unspecified atom stereocenters. The fraction of sp³-hybridized carbons (Fsp3) is 0.857. The Morgan fingerprint density at radius 2 is 1.00 bits per heavy atom. The number of esters is 2. The quantitative estimate of drug-likeness (QED) is 0.318. The van der Waals surface area contributed by atoms with Crippen LogP contribution in [0.3, 0.4) is 0 Å². The molecule has 0 rings (SSSR count). The second-order valence-electron chi connectivity index (χ2n) is 3.86. The molecule has 0 aliphatic heterocycles.